The molecule has 5 rings (SSSR count). The Labute approximate surface area is 192 Å². The summed E-state index contributed by atoms with van der Waals surface area (Å²) in [4.78, 5) is 42.6. The molecule has 2 aliphatic heterocycles. The van der Waals surface area contributed by atoms with E-state index in [4.69, 9.17) is 0 Å². The standard InChI is InChI=1S/C27H25N3O3/c1-4-29-12-11-18-7-9-20(15-24(18)29)28-25(31)19-8-10-21-22(14-19)27(33)30(26(21)32)23-13-16(2)5-6-17(23)3/h5-10,13-15H,4,11-12H2,1-3H3,(H,28,31). The van der Waals surface area contributed by atoms with Gasteiger partial charge in [0.2, 0.25) is 0 Å². The zero-order valence-electron chi connectivity index (χ0n) is 18.9. The van der Waals surface area contributed by atoms with Gasteiger partial charge in [-0.1, -0.05) is 18.2 Å². The molecule has 0 saturated carbocycles. The number of nitrogens with one attached hydrogen (secondary N) is 1. The van der Waals surface area contributed by atoms with Gasteiger partial charge >= 0.3 is 0 Å². The third-order valence-electron chi connectivity index (χ3n) is 6.47. The van der Waals surface area contributed by atoms with Crippen LogP contribution in [0.3, 0.4) is 0 Å². The van der Waals surface area contributed by atoms with Crippen LogP contribution in [0.5, 0.6) is 0 Å². The van der Waals surface area contributed by atoms with E-state index >= 15 is 0 Å². The second-order valence-corrected chi connectivity index (χ2v) is 8.62. The highest BCUT2D eigenvalue weighted by molar-refractivity contribution is 6.35. The molecule has 0 atom stereocenters. The molecule has 0 saturated heterocycles. The van der Waals surface area contributed by atoms with E-state index in [1.54, 1.807) is 12.1 Å². The van der Waals surface area contributed by atoms with Gasteiger partial charge in [-0.15, -0.1) is 0 Å². The molecular weight excluding hydrogens is 414 g/mol. The molecule has 3 aromatic rings. The van der Waals surface area contributed by atoms with Crippen LogP contribution in [-0.4, -0.2) is 30.8 Å². The van der Waals surface area contributed by atoms with Gasteiger partial charge in [0.1, 0.15) is 0 Å². The summed E-state index contributed by atoms with van der Waals surface area (Å²) in [6, 6.07) is 16.3. The van der Waals surface area contributed by atoms with E-state index in [-0.39, 0.29) is 17.4 Å². The summed E-state index contributed by atoms with van der Waals surface area (Å²) in [5, 5.41) is 2.93. The molecule has 0 spiro atoms. The van der Waals surface area contributed by atoms with Crippen molar-refractivity contribution in [1.29, 1.82) is 0 Å². The Balaban J connectivity index is 1.42. The first-order valence-electron chi connectivity index (χ1n) is 11.2. The monoisotopic (exact) mass is 439 g/mol. The lowest BCUT2D eigenvalue weighted by Crippen LogP contribution is -2.30. The minimum absolute atomic E-state index is 0.250. The topological polar surface area (TPSA) is 69.7 Å². The van der Waals surface area contributed by atoms with Gasteiger partial charge in [-0.05, 0) is 80.3 Å². The number of hydrogen-bond donors (Lipinski definition) is 1. The van der Waals surface area contributed by atoms with Crippen molar-refractivity contribution in [3.8, 4) is 0 Å². The maximum atomic E-state index is 13.2. The molecule has 0 unspecified atom stereocenters. The molecule has 3 amide bonds. The van der Waals surface area contributed by atoms with E-state index in [0.29, 0.717) is 22.5 Å². The number of hydrogen-bond acceptors (Lipinski definition) is 4. The zero-order valence-corrected chi connectivity index (χ0v) is 18.9. The molecule has 2 aliphatic rings. The molecule has 0 fully saturated rings. The van der Waals surface area contributed by atoms with Crippen LogP contribution < -0.4 is 15.1 Å². The highest BCUT2D eigenvalue weighted by Crippen LogP contribution is 2.33. The van der Waals surface area contributed by atoms with Gasteiger partial charge in [-0.2, -0.15) is 0 Å². The third kappa shape index (κ3) is 3.48. The summed E-state index contributed by atoms with van der Waals surface area (Å²) >= 11 is 0. The van der Waals surface area contributed by atoms with Crippen molar-refractivity contribution in [2.45, 2.75) is 27.2 Å². The molecule has 1 N–H and O–H groups in total. The number of likely N-dealkylation sites (N-methyl/N-ethyl adjacent to an activating group) is 1. The average Bonchev–Trinajstić information content (AvgIpc) is 3.33. The predicted molar refractivity (Wildman–Crippen MR) is 129 cm³/mol. The summed E-state index contributed by atoms with van der Waals surface area (Å²) < 4.78 is 0. The summed E-state index contributed by atoms with van der Waals surface area (Å²) in [5.74, 6) is -1.09. The van der Waals surface area contributed by atoms with E-state index in [0.717, 1.165) is 36.3 Å². The smallest absolute Gasteiger partial charge is 0.266 e. The number of fused-ring (bicyclic) bond motifs is 2. The molecular formula is C27H25N3O3. The van der Waals surface area contributed by atoms with E-state index in [1.807, 2.05) is 50.2 Å². The Hall–Kier alpha value is -3.93. The minimum Gasteiger partial charge on any atom is -0.371 e. The lowest BCUT2D eigenvalue weighted by Gasteiger charge is -2.17. The van der Waals surface area contributed by atoms with Crippen molar-refractivity contribution in [2.75, 3.05) is 28.2 Å². The van der Waals surface area contributed by atoms with Crippen molar-refractivity contribution in [2.24, 2.45) is 0 Å². The first kappa shape index (κ1) is 20.9. The Morgan fingerprint density at radius 2 is 1.70 bits per heavy atom. The Kier molecular flexibility index (Phi) is 5.01. The van der Waals surface area contributed by atoms with E-state index < -0.39 is 5.91 Å². The lowest BCUT2D eigenvalue weighted by molar-refractivity contribution is 0.0925. The normalized spacial score (nSPS) is 14.5. The third-order valence-corrected chi connectivity index (χ3v) is 6.47. The fourth-order valence-corrected chi connectivity index (χ4v) is 4.62. The Bertz CT molecular complexity index is 1330. The van der Waals surface area contributed by atoms with Crippen LogP contribution in [0.15, 0.2) is 54.6 Å². The average molecular weight is 440 g/mol. The van der Waals surface area contributed by atoms with E-state index in [9.17, 15) is 14.4 Å². The zero-order chi connectivity index (χ0) is 23.3. The van der Waals surface area contributed by atoms with Crippen LogP contribution in [0.2, 0.25) is 0 Å². The molecule has 2 heterocycles. The summed E-state index contributed by atoms with van der Waals surface area (Å²) in [6.45, 7) is 7.81. The van der Waals surface area contributed by atoms with E-state index in [1.165, 1.54) is 16.5 Å². The number of rotatable bonds is 4. The quantitative estimate of drug-likeness (QED) is 0.596. The van der Waals surface area contributed by atoms with Crippen LogP contribution in [-0.2, 0) is 6.42 Å². The largest absolute Gasteiger partial charge is 0.371 e. The van der Waals surface area contributed by atoms with Crippen molar-refractivity contribution < 1.29 is 14.4 Å². The number of imide groups is 1. The van der Waals surface area contributed by atoms with Crippen LogP contribution in [0.25, 0.3) is 0 Å². The molecule has 3 aromatic carbocycles. The predicted octanol–water partition coefficient (Wildman–Crippen LogP) is 4.74. The minimum atomic E-state index is -0.408. The lowest BCUT2D eigenvalue weighted by atomic mass is 10.1. The Morgan fingerprint density at radius 1 is 0.909 bits per heavy atom. The van der Waals surface area contributed by atoms with Crippen LogP contribution in [0.4, 0.5) is 17.1 Å². The van der Waals surface area contributed by atoms with Gasteiger partial charge in [0, 0.05) is 30.0 Å². The summed E-state index contributed by atoms with van der Waals surface area (Å²) in [5.41, 5.74) is 6.41. The van der Waals surface area contributed by atoms with Gasteiger partial charge in [0.05, 0.1) is 16.8 Å². The van der Waals surface area contributed by atoms with Crippen molar-refractivity contribution in [3.63, 3.8) is 0 Å². The number of aryl methyl sites for hydroxylation is 2. The maximum Gasteiger partial charge on any atom is 0.266 e. The Morgan fingerprint density at radius 3 is 2.48 bits per heavy atom. The fraction of sp³-hybridized carbons (Fsp3) is 0.222. The molecule has 0 aromatic heterocycles. The van der Waals surface area contributed by atoms with Gasteiger partial charge in [-0.3, -0.25) is 14.4 Å². The van der Waals surface area contributed by atoms with Crippen molar-refractivity contribution >= 4 is 34.8 Å². The summed E-state index contributed by atoms with van der Waals surface area (Å²) in [6.07, 6.45) is 1.01. The van der Waals surface area contributed by atoms with Gasteiger partial charge in [-0.25, -0.2) is 4.90 Å². The number of amides is 3. The molecule has 6 nitrogen and oxygen atoms in total. The second-order valence-electron chi connectivity index (χ2n) is 8.62. The van der Waals surface area contributed by atoms with Gasteiger partial charge < -0.3 is 10.2 Å². The number of nitrogens with zero attached hydrogens (tertiary/aromatic N) is 2. The van der Waals surface area contributed by atoms with Crippen LogP contribution >= 0.6 is 0 Å². The van der Waals surface area contributed by atoms with Crippen molar-refractivity contribution in [1.82, 2.24) is 0 Å². The van der Waals surface area contributed by atoms with Gasteiger partial charge in [0.15, 0.2) is 0 Å². The number of carbonyl (C=O) groups is 3. The highest BCUT2D eigenvalue weighted by atomic mass is 16.2. The molecule has 33 heavy (non-hydrogen) atoms. The highest BCUT2D eigenvalue weighted by Gasteiger charge is 2.37. The number of benzene rings is 3. The van der Waals surface area contributed by atoms with Crippen LogP contribution in [0.1, 0.15) is 54.7 Å². The fourth-order valence-electron chi connectivity index (χ4n) is 4.62. The summed E-state index contributed by atoms with van der Waals surface area (Å²) in [7, 11) is 0. The second kappa shape index (κ2) is 7.89. The first-order chi connectivity index (χ1) is 15.9. The SMILES string of the molecule is CCN1CCc2ccc(NC(=O)c3ccc4c(c3)C(=O)N(c3cc(C)ccc3C)C4=O)cc21. The van der Waals surface area contributed by atoms with Crippen molar-refractivity contribution in [3.05, 3.63) is 88.0 Å². The molecule has 6 heteroatoms. The van der Waals surface area contributed by atoms with Gasteiger partial charge in [0.25, 0.3) is 17.7 Å². The first-order valence-corrected chi connectivity index (χ1v) is 11.2. The van der Waals surface area contributed by atoms with E-state index in [2.05, 4.69) is 17.1 Å². The molecule has 166 valence electrons. The molecule has 0 aliphatic carbocycles. The molecule has 0 radical (unpaired) electrons. The van der Waals surface area contributed by atoms with Crippen LogP contribution in [0, 0.1) is 13.8 Å². The number of carbonyl (C=O) groups excluding carboxylic acids is 3. The number of anilines is 3. The maximum absolute atomic E-state index is 13.2. The molecule has 0 bridgehead atoms.